The Labute approximate surface area is 100 Å². The van der Waals surface area contributed by atoms with Crippen molar-refractivity contribution in [3.63, 3.8) is 0 Å². The second-order valence-corrected chi connectivity index (χ2v) is 3.94. The summed E-state index contributed by atoms with van der Waals surface area (Å²) in [6, 6.07) is 3.13. The summed E-state index contributed by atoms with van der Waals surface area (Å²) in [6.07, 6.45) is -4.48. The molecule has 0 fully saturated rings. The minimum Gasteiger partial charge on any atom is -0.463 e. The lowest BCUT2D eigenvalue weighted by molar-refractivity contribution is -0.137. The Morgan fingerprint density at radius 2 is 2.12 bits per heavy atom. The van der Waals surface area contributed by atoms with Crippen LogP contribution in [0.25, 0.3) is 0 Å². The molecule has 0 aromatic heterocycles. The number of alkyl halides is 3. The lowest BCUT2D eigenvalue weighted by Gasteiger charge is -2.12. The Morgan fingerprint density at radius 1 is 1.41 bits per heavy atom. The predicted octanol–water partition coefficient (Wildman–Crippen LogP) is 2.74. The minimum absolute atomic E-state index is 0.0153. The number of benzene rings is 1. The van der Waals surface area contributed by atoms with Gasteiger partial charge in [0, 0.05) is 0 Å². The molecule has 0 bridgehead atoms. The van der Waals surface area contributed by atoms with Crippen molar-refractivity contribution in [2.45, 2.75) is 12.2 Å². The highest BCUT2D eigenvalue weighted by atomic mass is 35.5. The number of hydrogen-bond donors (Lipinski definition) is 1. The van der Waals surface area contributed by atoms with Gasteiger partial charge in [-0.15, -0.1) is 0 Å². The third-order valence-electron chi connectivity index (χ3n) is 2.35. The summed E-state index contributed by atoms with van der Waals surface area (Å²) in [4.78, 5) is 3.87. The molecular weight excluding hydrogens is 257 g/mol. The van der Waals surface area contributed by atoms with Crippen LogP contribution in [0.4, 0.5) is 13.2 Å². The van der Waals surface area contributed by atoms with E-state index in [1.165, 1.54) is 12.1 Å². The Morgan fingerprint density at radius 3 is 2.65 bits per heavy atom. The molecule has 1 atom stereocenters. The summed E-state index contributed by atoms with van der Waals surface area (Å²) in [5.74, 6) is 0. The molecule has 0 saturated heterocycles. The zero-order valence-corrected chi connectivity index (χ0v) is 9.22. The van der Waals surface area contributed by atoms with E-state index in [0.29, 0.717) is 5.56 Å². The van der Waals surface area contributed by atoms with Gasteiger partial charge in [-0.25, -0.2) is 4.99 Å². The largest absolute Gasteiger partial charge is 0.463 e. The van der Waals surface area contributed by atoms with Gasteiger partial charge in [0.2, 0.25) is 0 Å². The molecule has 0 saturated carbocycles. The summed E-state index contributed by atoms with van der Waals surface area (Å²) < 4.78 is 42.7. The van der Waals surface area contributed by atoms with Crippen molar-refractivity contribution in [3.05, 3.63) is 34.3 Å². The van der Waals surface area contributed by atoms with E-state index in [1.807, 2.05) is 0 Å². The van der Waals surface area contributed by atoms with Crippen molar-refractivity contribution in [1.82, 2.24) is 0 Å². The van der Waals surface area contributed by atoms with Gasteiger partial charge in [-0.1, -0.05) is 17.7 Å². The normalized spacial score (nSPS) is 20.0. The summed E-state index contributed by atoms with van der Waals surface area (Å²) in [5.41, 5.74) is 4.80. The van der Waals surface area contributed by atoms with Crippen LogP contribution in [0.15, 0.2) is 23.2 Å². The third-order valence-corrected chi connectivity index (χ3v) is 2.68. The van der Waals surface area contributed by atoms with Crippen LogP contribution in [0.3, 0.4) is 0 Å². The quantitative estimate of drug-likeness (QED) is 0.848. The van der Waals surface area contributed by atoms with Crippen molar-refractivity contribution in [2.24, 2.45) is 10.7 Å². The molecule has 0 spiro atoms. The average molecular weight is 265 g/mol. The monoisotopic (exact) mass is 264 g/mol. The van der Waals surface area contributed by atoms with Gasteiger partial charge in [0.05, 0.1) is 10.6 Å². The van der Waals surface area contributed by atoms with Gasteiger partial charge in [-0.3, -0.25) is 0 Å². The lowest BCUT2D eigenvalue weighted by Crippen LogP contribution is -2.10. The maximum absolute atomic E-state index is 12.6. The SMILES string of the molecule is NC1=N[C@@H](c2ccc(Cl)c(C(F)(F)F)c2)CO1. The molecule has 1 aromatic rings. The van der Waals surface area contributed by atoms with E-state index < -0.39 is 17.8 Å². The van der Waals surface area contributed by atoms with Crippen molar-refractivity contribution in [1.29, 1.82) is 0 Å². The zero-order valence-electron chi connectivity index (χ0n) is 8.46. The molecule has 1 aromatic carbocycles. The molecule has 3 nitrogen and oxygen atoms in total. The maximum atomic E-state index is 12.6. The maximum Gasteiger partial charge on any atom is 0.417 e. The molecule has 0 radical (unpaired) electrons. The van der Waals surface area contributed by atoms with Gasteiger partial charge >= 0.3 is 6.18 Å². The Kier molecular flexibility index (Phi) is 2.91. The third kappa shape index (κ3) is 2.46. The molecule has 2 N–H and O–H groups in total. The molecule has 0 amide bonds. The van der Waals surface area contributed by atoms with Crippen LogP contribution in [-0.2, 0) is 10.9 Å². The van der Waals surface area contributed by atoms with E-state index in [4.69, 9.17) is 22.1 Å². The molecule has 17 heavy (non-hydrogen) atoms. The van der Waals surface area contributed by atoms with Gasteiger partial charge in [0.25, 0.3) is 6.02 Å². The van der Waals surface area contributed by atoms with Gasteiger partial charge in [0.15, 0.2) is 0 Å². The molecule has 1 aliphatic heterocycles. The van der Waals surface area contributed by atoms with E-state index in [9.17, 15) is 13.2 Å². The van der Waals surface area contributed by atoms with Crippen molar-refractivity contribution >= 4 is 17.6 Å². The van der Waals surface area contributed by atoms with Gasteiger partial charge in [-0.05, 0) is 17.7 Å². The first-order valence-electron chi connectivity index (χ1n) is 4.70. The Bertz CT molecular complexity index is 473. The van der Waals surface area contributed by atoms with Crippen LogP contribution < -0.4 is 5.73 Å². The van der Waals surface area contributed by atoms with Crippen LogP contribution in [-0.4, -0.2) is 12.6 Å². The molecule has 92 valence electrons. The van der Waals surface area contributed by atoms with E-state index in [-0.39, 0.29) is 17.7 Å². The predicted molar refractivity (Wildman–Crippen MR) is 56.8 cm³/mol. The molecule has 0 aliphatic carbocycles. The highest BCUT2D eigenvalue weighted by Crippen LogP contribution is 2.37. The molecular formula is C10H8ClF3N2O. The molecule has 7 heteroatoms. The number of nitrogens with zero attached hydrogens (tertiary/aromatic N) is 1. The zero-order chi connectivity index (χ0) is 12.6. The number of hydrogen-bond acceptors (Lipinski definition) is 3. The van der Waals surface area contributed by atoms with E-state index >= 15 is 0 Å². The average Bonchev–Trinajstić information content (AvgIpc) is 2.64. The first kappa shape index (κ1) is 12.0. The van der Waals surface area contributed by atoms with Crippen molar-refractivity contribution in [2.75, 3.05) is 6.61 Å². The number of nitrogens with two attached hydrogens (primary N) is 1. The Hall–Kier alpha value is -1.43. The fourth-order valence-electron chi connectivity index (χ4n) is 1.53. The number of halogens is 4. The van der Waals surface area contributed by atoms with Crippen LogP contribution >= 0.6 is 11.6 Å². The highest BCUT2D eigenvalue weighted by Gasteiger charge is 2.34. The van der Waals surface area contributed by atoms with Gasteiger partial charge in [-0.2, -0.15) is 13.2 Å². The fraction of sp³-hybridized carbons (Fsp3) is 0.300. The topological polar surface area (TPSA) is 47.6 Å². The summed E-state index contributed by atoms with van der Waals surface area (Å²) >= 11 is 5.50. The van der Waals surface area contributed by atoms with Crippen molar-refractivity contribution < 1.29 is 17.9 Å². The van der Waals surface area contributed by atoms with Crippen molar-refractivity contribution in [3.8, 4) is 0 Å². The molecule has 2 rings (SSSR count). The number of aliphatic imine (C=N–C) groups is 1. The number of rotatable bonds is 1. The summed E-state index contributed by atoms with van der Waals surface area (Å²) in [7, 11) is 0. The fourth-order valence-corrected chi connectivity index (χ4v) is 1.76. The van der Waals surface area contributed by atoms with E-state index in [0.717, 1.165) is 6.07 Å². The van der Waals surface area contributed by atoms with E-state index in [2.05, 4.69) is 4.99 Å². The second-order valence-electron chi connectivity index (χ2n) is 3.53. The first-order chi connectivity index (χ1) is 7.88. The molecule has 0 unspecified atom stereocenters. The van der Waals surface area contributed by atoms with E-state index in [1.54, 1.807) is 0 Å². The van der Waals surface area contributed by atoms with Crippen LogP contribution in [0, 0.1) is 0 Å². The Balaban J connectivity index is 2.38. The second kappa shape index (κ2) is 4.10. The summed E-state index contributed by atoms with van der Waals surface area (Å²) in [6.45, 7) is 0.144. The van der Waals surface area contributed by atoms with Crippen LogP contribution in [0.1, 0.15) is 17.2 Å². The number of amidine groups is 1. The first-order valence-corrected chi connectivity index (χ1v) is 5.08. The smallest absolute Gasteiger partial charge is 0.417 e. The highest BCUT2D eigenvalue weighted by molar-refractivity contribution is 6.31. The number of ether oxygens (including phenoxy) is 1. The summed E-state index contributed by atoms with van der Waals surface area (Å²) in [5, 5.41) is -0.336. The lowest BCUT2D eigenvalue weighted by atomic mass is 10.0. The van der Waals surface area contributed by atoms with Gasteiger partial charge < -0.3 is 10.5 Å². The molecule has 1 aliphatic rings. The minimum atomic E-state index is -4.48. The van der Waals surface area contributed by atoms with Gasteiger partial charge in [0.1, 0.15) is 12.6 Å². The van der Waals surface area contributed by atoms with Crippen LogP contribution in [0.5, 0.6) is 0 Å². The molecule has 1 heterocycles. The standard InChI is InChI=1S/C10H8ClF3N2O/c11-7-2-1-5(3-6(7)10(12,13)14)8-4-17-9(15)16-8/h1-3,8H,4H2,(H2,15,16)/t8-/m1/s1. The van der Waals surface area contributed by atoms with Crippen LogP contribution in [0.2, 0.25) is 5.02 Å².